The number of rotatable bonds is 8. The molecule has 0 saturated carbocycles. The minimum atomic E-state index is -0.901. The smallest absolute Gasteiger partial charge is 0.323 e. The van der Waals surface area contributed by atoms with E-state index in [9.17, 15) is 4.79 Å². The highest BCUT2D eigenvalue weighted by Crippen LogP contribution is 2.13. The Labute approximate surface area is 112 Å². The van der Waals surface area contributed by atoms with Gasteiger partial charge in [-0.15, -0.1) is 0 Å². The van der Waals surface area contributed by atoms with Gasteiger partial charge in [-0.3, -0.25) is 9.78 Å². The molecular formula is C12H20N4O3. The molecule has 1 aromatic rings. The normalized spacial score (nSPS) is 10.5. The summed E-state index contributed by atoms with van der Waals surface area (Å²) in [6, 6.07) is 0. The van der Waals surface area contributed by atoms with Gasteiger partial charge in [0.1, 0.15) is 6.54 Å². The number of anilines is 1. The molecule has 19 heavy (non-hydrogen) atoms. The molecule has 0 unspecified atom stereocenters. The summed E-state index contributed by atoms with van der Waals surface area (Å²) in [6.45, 7) is 3.53. The van der Waals surface area contributed by atoms with Crippen LogP contribution in [-0.2, 0) is 4.79 Å². The van der Waals surface area contributed by atoms with Gasteiger partial charge in [-0.05, 0) is 21.0 Å². The number of aromatic nitrogens is 2. The lowest BCUT2D eigenvalue weighted by atomic mass is 10.4. The Kier molecular flexibility index (Phi) is 6.01. The van der Waals surface area contributed by atoms with Crippen LogP contribution in [0, 0.1) is 0 Å². The van der Waals surface area contributed by atoms with E-state index in [1.807, 2.05) is 25.9 Å². The number of carbonyl (C=O) groups is 1. The molecule has 106 valence electrons. The van der Waals surface area contributed by atoms with Crippen LogP contribution in [-0.4, -0.2) is 66.3 Å². The zero-order valence-corrected chi connectivity index (χ0v) is 11.5. The molecule has 0 spiro atoms. The second-order valence-electron chi connectivity index (χ2n) is 4.27. The molecule has 0 amide bonds. The van der Waals surface area contributed by atoms with Gasteiger partial charge in [-0.2, -0.15) is 4.98 Å². The lowest BCUT2D eigenvalue weighted by Gasteiger charge is -2.23. The van der Waals surface area contributed by atoms with E-state index in [0.717, 1.165) is 6.54 Å². The third-order valence-electron chi connectivity index (χ3n) is 2.36. The Morgan fingerprint density at radius 3 is 2.68 bits per heavy atom. The number of carboxylic acid groups (broad SMARTS) is 1. The first-order chi connectivity index (χ1) is 9.02. The van der Waals surface area contributed by atoms with Gasteiger partial charge in [0.15, 0.2) is 5.82 Å². The van der Waals surface area contributed by atoms with Crippen molar-refractivity contribution in [3.63, 3.8) is 0 Å². The molecule has 0 aliphatic rings. The zero-order chi connectivity index (χ0) is 14.3. The number of nitrogens with zero attached hydrogens (tertiary/aromatic N) is 4. The molecule has 1 aromatic heterocycles. The van der Waals surface area contributed by atoms with E-state index >= 15 is 0 Å². The van der Waals surface area contributed by atoms with Crippen LogP contribution in [0.3, 0.4) is 0 Å². The summed E-state index contributed by atoms with van der Waals surface area (Å²) in [5, 5.41) is 8.95. The predicted molar refractivity (Wildman–Crippen MR) is 71.6 cm³/mol. The fourth-order valence-electron chi connectivity index (χ4n) is 1.47. The van der Waals surface area contributed by atoms with E-state index in [0.29, 0.717) is 24.8 Å². The quantitative estimate of drug-likeness (QED) is 0.727. The summed E-state index contributed by atoms with van der Waals surface area (Å²) >= 11 is 0. The summed E-state index contributed by atoms with van der Waals surface area (Å²) in [6.07, 6.45) is 3.05. The summed E-state index contributed by atoms with van der Waals surface area (Å²) in [7, 11) is 3.86. The first-order valence-electron chi connectivity index (χ1n) is 6.09. The maximum atomic E-state index is 10.9. The number of hydrogen-bond acceptors (Lipinski definition) is 6. The lowest BCUT2D eigenvalue weighted by Crippen LogP contribution is -2.36. The van der Waals surface area contributed by atoms with E-state index in [1.54, 1.807) is 11.1 Å². The minimum Gasteiger partial charge on any atom is -0.480 e. The minimum absolute atomic E-state index is 0.113. The van der Waals surface area contributed by atoms with Crippen molar-refractivity contribution < 1.29 is 14.6 Å². The van der Waals surface area contributed by atoms with Gasteiger partial charge >= 0.3 is 5.97 Å². The molecule has 7 nitrogen and oxygen atoms in total. The van der Waals surface area contributed by atoms with Crippen LogP contribution in [0.1, 0.15) is 6.92 Å². The molecule has 0 aliphatic heterocycles. The molecule has 7 heteroatoms. The highest BCUT2D eigenvalue weighted by Gasteiger charge is 2.13. The average molecular weight is 268 g/mol. The fourth-order valence-corrected chi connectivity index (χ4v) is 1.47. The summed E-state index contributed by atoms with van der Waals surface area (Å²) < 4.78 is 5.27. The van der Waals surface area contributed by atoms with Crippen molar-refractivity contribution in [1.82, 2.24) is 14.9 Å². The first-order valence-corrected chi connectivity index (χ1v) is 6.09. The van der Waals surface area contributed by atoms with Crippen molar-refractivity contribution in [3.8, 4) is 5.88 Å². The van der Waals surface area contributed by atoms with Crippen LogP contribution >= 0.6 is 0 Å². The van der Waals surface area contributed by atoms with Crippen LogP contribution in [0.15, 0.2) is 12.4 Å². The molecule has 0 atom stereocenters. The Bertz CT molecular complexity index is 412. The predicted octanol–water partition coefficient (Wildman–Crippen LogP) is 0.328. The molecule has 0 aliphatic carbocycles. The average Bonchev–Trinajstić information content (AvgIpc) is 2.34. The van der Waals surface area contributed by atoms with Gasteiger partial charge in [0.2, 0.25) is 5.88 Å². The van der Waals surface area contributed by atoms with Gasteiger partial charge in [-0.1, -0.05) is 0 Å². The Hall–Kier alpha value is -1.89. The Morgan fingerprint density at radius 1 is 1.37 bits per heavy atom. The van der Waals surface area contributed by atoms with Gasteiger partial charge in [0.05, 0.1) is 19.0 Å². The molecule has 0 fully saturated rings. The van der Waals surface area contributed by atoms with Crippen molar-refractivity contribution in [3.05, 3.63) is 12.4 Å². The second kappa shape index (κ2) is 7.52. The van der Waals surface area contributed by atoms with Gasteiger partial charge in [0, 0.05) is 13.1 Å². The van der Waals surface area contributed by atoms with E-state index in [2.05, 4.69) is 9.97 Å². The number of likely N-dealkylation sites (N-methyl/N-ethyl adjacent to an activating group) is 1. The van der Waals surface area contributed by atoms with E-state index < -0.39 is 5.97 Å². The van der Waals surface area contributed by atoms with Crippen LogP contribution in [0.4, 0.5) is 5.82 Å². The number of carboxylic acids is 1. The van der Waals surface area contributed by atoms with Crippen LogP contribution in [0.5, 0.6) is 5.88 Å². The van der Waals surface area contributed by atoms with E-state index in [4.69, 9.17) is 9.84 Å². The van der Waals surface area contributed by atoms with Crippen molar-refractivity contribution in [2.45, 2.75) is 6.92 Å². The number of ether oxygens (including phenoxy) is 1. The Morgan fingerprint density at radius 2 is 2.11 bits per heavy atom. The van der Waals surface area contributed by atoms with E-state index in [1.165, 1.54) is 6.20 Å². The monoisotopic (exact) mass is 268 g/mol. The lowest BCUT2D eigenvalue weighted by molar-refractivity contribution is -0.135. The molecule has 1 rings (SSSR count). The van der Waals surface area contributed by atoms with Gasteiger partial charge < -0.3 is 19.6 Å². The maximum absolute atomic E-state index is 10.9. The number of hydrogen-bond donors (Lipinski definition) is 1. The van der Waals surface area contributed by atoms with Crippen LogP contribution in [0.2, 0.25) is 0 Å². The topological polar surface area (TPSA) is 78.8 Å². The first kappa shape index (κ1) is 15.2. The molecular weight excluding hydrogens is 248 g/mol. The molecule has 1 N–H and O–H groups in total. The summed E-state index contributed by atoms with van der Waals surface area (Å²) in [5.41, 5.74) is 0. The van der Waals surface area contributed by atoms with E-state index in [-0.39, 0.29) is 6.54 Å². The second-order valence-corrected chi connectivity index (χ2v) is 4.27. The molecule has 0 aromatic carbocycles. The number of aliphatic carboxylic acids is 1. The van der Waals surface area contributed by atoms with Crippen molar-refractivity contribution in [2.24, 2.45) is 0 Å². The highest BCUT2D eigenvalue weighted by molar-refractivity contribution is 5.73. The molecule has 0 bridgehead atoms. The van der Waals surface area contributed by atoms with Gasteiger partial charge in [0.25, 0.3) is 0 Å². The Balaban J connectivity index is 2.82. The van der Waals surface area contributed by atoms with Crippen molar-refractivity contribution in [2.75, 3.05) is 45.2 Å². The molecule has 1 heterocycles. The van der Waals surface area contributed by atoms with Crippen molar-refractivity contribution in [1.29, 1.82) is 0 Å². The largest absolute Gasteiger partial charge is 0.480 e. The standard InChI is InChI=1S/C12H20N4O3/c1-4-19-11-8-13-7-10(14-11)16(9-12(17)18)6-5-15(2)3/h7-8H,4-6,9H2,1-3H3,(H,17,18). The SMILES string of the molecule is CCOc1cncc(N(CCN(C)C)CC(=O)O)n1. The summed E-state index contributed by atoms with van der Waals surface area (Å²) in [5.74, 6) is 0.0119. The van der Waals surface area contributed by atoms with Crippen LogP contribution < -0.4 is 9.64 Å². The third-order valence-corrected chi connectivity index (χ3v) is 2.36. The maximum Gasteiger partial charge on any atom is 0.323 e. The molecule has 0 saturated heterocycles. The third kappa shape index (κ3) is 5.52. The van der Waals surface area contributed by atoms with Crippen molar-refractivity contribution >= 4 is 11.8 Å². The summed E-state index contributed by atoms with van der Waals surface area (Å²) in [4.78, 5) is 22.8. The molecule has 0 radical (unpaired) electrons. The van der Waals surface area contributed by atoms with Crippen LogP contribution in [0.25, 0.3) is 0 Å². The highest BCUT2D eigenvalue weighted by atomic mass is 16.5. The van der Waals surface area contributed by atoms with Gasteiger partial charge in [-0.25, -0.2) is 0 Å². The zero-order valence-electron chi connectivity index (χ0n) is 11.5. The fraction of sp³-hybridized carbons (Fsp3) is 0.583.